The highest BCUT2D eigenvalue weighted by molar-refractivity contribution is 5.70. The molecule has 4 nitrogen and oxygen atoms in total. The standard InChI is InChI=1S/C7H9FN2O2/c1-2-5-9-3-4-10(5)6(8)7(11)12/h3-4,6H,2H2,1H3,(H,11,12). The zero-order valence-corrected chi connectivity index (χ0v) is 6.57. The summed E-state index contributed by atoms with van der Waals surface area (Å²) in [5.74, 6) is -1.06. The minimum Gasteiger partial charge on any atom is -0.478 e. The number of rotatable bonds is 3. The number of imidazole rings is 1. The Labute approximate surface area is 68.7 Å². The van der Waals surface area contributed by atoms with Crippen molar-refractivity contribution >= 4 is 5.97 Å². The molecule has 5 heteroatoms. The molecule has 0 bridgehead atoms. The second-order valence-corrected chi connectivity index (χ2v) is 2.28. The van der Waals surface area contributed by atoms with E-state index in [1.807, 2.05) is 0 Å². The van der Waals surface area contributed by atoms with Crippen LogP contribution in [0.5, 0.6) is 0 Å². The minimum absolute atomic E-state index is 0.435. The van der Waals surface area contributed by atoms with Crippen molar-refractivity contribution in [2.45, 2.75) is 19.6 Å². The summed E-state index contributed by atoms with van der Waals surface area (Å²) >= 11 is 0. The lowest BCUT2D eigenvalue weighted by Gasteiger charge is -2.06. The first-order valence-electron chi connectivity index (χ1n) is 3.55. The van der Waals surface area contributed by atoms with Gasteiger partial charge in [0.05, 0.1) is 0 Å². The van der Waals surface area contributed by atoms with Crippen molar-refractivity contribution in [3.05, 3.63) is 18.2 Å². The summed E-state index contributed by atoms with van der Waals surface area (Å²) in [6, 6.07) is 0. The number of carboxylic acid groups (broad SMARTS) is 1. The molecule has 0 aliphatic carbocycles. The molecule has 0 aliphatic heterocycles. The number of hydrogen-bond acceptors (Lipinski definition) is 2. The number of carboxylic acids is 1. The van der Waals surface area contributed by atoms with Crippen molar-refractivity contribution < 1.29 is 14.3 Å². The number of carbonyl (C=O) groups is 1. The van der Waals surface area contributed by atoms with Gasteiger partial charge in [-0.2, -0.15) is 0 Å². The second-order valence-electron chi connectivity index (χ2n) is 2.28. The summed E-state index contributed by atoms with van der Waals surface area (Å²) < 4.78 is 13.9. The summed E-state index contributed by atoms with van der Waals surface area (Å²) in [6.07, 6.45) is 1.19. The quantitative estimate of drug-likeness (QED) is 0.739. The van der Waals surface area contributed by atoms with Crippen LogP contribution in [0.1, 0.15) is 19.0 Å². The molecule has 1 heterocycles. The van der Waals surface area contributed by atoms with E-state index >= 15 is 0 Å². The molecule has 1 rings (SSSR count). The average Bonchev–Trinajstić information content (AvgIpc) is 2.49. The summed E-state index contributed by atoms with van der Waals surface area (Å²) in [7, 11) is 0. The maximum Gasteiger partial charge on any atom is 0.359 e. The predicted octanol–water partition coefficient (Wildman–Crippen LogP) is 0.998. The van der Waals surface area contributed by atoms with Gasteiger partial charge in [0.2, 0.25) is 0 Å². The zero-order chi connectivity index (χ0) is 9.14. The van der Waals surface area contributed by atoms with Crippen LogP contribution in [0.25, 0.3) is 0 Å². The molecule has 0 radical (unpaired) electrons. The van der Waals surface area contributed by atoms with Crippen LogP contribution in [0.15, 0.2) is 12.4 Å². The summed E-state index contributed by atoms with van der Waals surface area (Å²) in [6.45, 7) is 1.79. The average molecular weight is 172 g/mol. The van der Waals surface area contributed by atoms with Crippen molar-refractivity contribution in [2.24, 2.45) is 0 Å². The van der Waals surface area contributed by atoms with Gasteiger partial charge < -0.3 is 5.11 Å². The molecule has 1 unspecified atom stereocenters. The third-order valence-electron chi connectivity index (χ3n) is 1.51. The van der Waals surface area contributed by atoms with Gasteiger partial charge in [-0.3, -0.25) is 4.57 Å². The smallest absolute Gasteiger partial charge is 0.359 e. The van der Waals surface area contributed by atoms with Crippen LogP contribution in [0, 0.1) is 0 Å². The molecule has 0 saturated heterocycles. The van der Waals surface area contributed by atoms with Crippen LogP contribution in [-0.2, 0) is 11.2 Å². The Kier molecular flexibility index (Phi) is 2.42. The number of halogens is 1. The minimum atomic E-state index is -2.03. The molecule has 0 amide bonds. The largest absolute Gasteiger partial charge is 0.478 e. The van der Waals surface area contributed by atoms with Crippen LogP contribution in [0.3, 0.4) is 0 Å². The number of aliphatic carboxylic acids is 1. The molecule has 1 atom stereocenters. The normalized spacial score (nSPS) is 12.8. The molecule has 1 aromatic heterocycles. The first kappa shape index (κ1) is 8.70. The fourth-order valence-electron chi connectivity index (χ4n) is 0.943. The highest BCUT2D eigenvalue weighted by Gasteiger charge is 2.19. The number of aryl methyl sites for hydroxylation is 1. The third-order valence-corrected chi connectivity index (χ3v) is 1.51. The van der Waals surface area contributed by atoms with Gasteiger partial charge in [-0.1, -0.05) is 6.92 Å². The van der Waals surface area contributed by atoms with Gasteiger partial charge in [0.1, 0.15) is 5.82 Å². The van der Waals surface area contributed by atoms with Crippen LogP contribution >= 0.6 is 0 Å². The van der Waals surface area contributed by atoms with Crippen molar-refractivity contribution in [3.8, 4) is 0 Å². The molecule has 0 saturated carbocycles. The maximum absolute atomic E-state index is 12.9. The first-order chi connectivity index (χ1) is 5.66. The van der Waals surface area contributed by atoms with Gasteiger partial charge in [0.25, 0.3) is 6.30 Å². The Morgan fingerprint density at radius 2 is 2.58 bits per heavy atom. The third kappa shape index (κ3) is 1.44. The van der Waals surface area contributed by atoms with Gasteiger partial charge in [0, 0.05) is 18.8 Å². The molecule has 66 valence electrons. The molecule has 1 N–H and O–H groups in total. The van der Waals surface area contributed by atoms with Crippen molar-refractivity contribution in [3.63, 3.8) is 0 Å². The topological polar surface area (TPSA) is 55.1 Å². The van der Waals surface area contributed by atoms with Gasteiger partial charge in [-0.05, 0) is 0 Å². The fourth-order valence-corrected chi connectivity index (χ4v) is 0.943. The zero-order valence-electron chi connectivity index (χ0n) is 6.57. The van der Waals surface area contributed by atoms with E-state index in [2.05, 4.69) is 4.98 Å². The SMILES string of the molecule is CCc1nccn1C(F)C(=O)O. The van der Waals surface area contributed by atoms with Crippen LogP contribution < -0.4 is 0 Å². The van der Waals surface area contributed by atoms with E-state index in [1.165, 1.54) is 12.4 Å². The maximum atomic E-state index is 12.9. The summed E-state index contributed by atoms with van der Waals surface area (Å²) in [5.41, 5.74) is 0. The Morgan fingerprint density at radius 3 is 3.08 bits per heavy atom. The predicted molar refractivity (Wildman–Crippen MR) is 39.4 cm³/mol. The number of hydrogen-bond donors (Lipinski definition) is 1. The van der Waals surface area contributed by atoms with Gasteiger partial charge in [0.15, 0.2) is 0 Å². The molecular formula is C7H9FN2O2. The van der Waals surface area contributed by atoms with Gasteiger partial charge >= 0.3 is 5.97 Å². The Hall–Kier alpha value is -1.39. The van der Waals surface area contributed by atoms with Gasteiger partial charge in [-0.15, -0.1) is 0 Å². The first-order valence-corrected chi connectivity index (χ1v) is 3.55. The molecule has 0 spiro atoms. The van der Waals surface area contributed by atoms with Gasteiger partial charge in [-0.25, -0.2) is 14.2 Å². The molecule has 0 fully saturated rings. The van der Waals surface area contributed by atoms with E-state index in [0.29, 0.717) is 12.2 Å². The fraction of sp³-hybridized carbons (Fsp3) is 0.429. The Bertz CT molecular complexity index is 285. The van der Waals surface area contributed by atoms with Crippen molar-refractivity contribution in [1.82, 2.24) is 9.55 Å². The van der Waals surface area contributed by atoms with E-state index in [-0.39, 0.29) is 0 Å². The van der Waals surface area contributed by atoms with E-state index in [4.69, 9.17) is 5.11 Å². The van der Waals surface area contributed by atoms with Crippen molar-refractivity contribution in [2.75, 3.05) is 0 Å². The molecule has 1 aromatic rings. The van der Waals surface area contributed by atoms with Crippen LogP contribution in [0.4, 0.5) is 4.39 Å². The number of nitrogens with zero attached hydrogens (tertiary/aromatic N) is 2. The van der Waals surface area contributed by atoms with Crippen LogP contribution in [-0.4, -0.2) is 20.6 Å². The highest BCUT2D eigenvalue weighted by atomic mass is 19.1. The Balaban J connectivity index is 2.93. The van der Waals surface area contributed by atoms with E-state index in [1.54, 1.807) is 6.92 Å². The number of alkyl halides is 1. The summed E-state index contributed by atoms with van der Waals surface area (Å²) in [4.78, 5) is 14.0. The van der Waals surface area contributed by atoms with Crippen LogP contribution in [0.2, 0.25) is 0 Å². The second kappa shape index (κ2) is 3.34. The lowest BCUT2D eigenvalue weighted by molar-refractivity contribution is -0.146. The lowest BCUT2D eigenvalue weighted by Crippen LogP contribution is -2.15. The lowest BCUT2D eigenvalue weighted by atomic mass is 10.4. The highest BCUT2D eigenvalue weighted by Crippen LogP contribution is 2.11. The molecule has 0 aromatic carbocycles. The molecule has 12 heavy (non-hydrogen) atoms. The number of aromatic nitrogens is 2. The molecular weight excluding hydrogens is 163 g/mol. The van der Waals surface area contributed by atoms with E-state index in [9.17, 15) is 9.18 Å². The summed E-state index contributed by atoms with van der Waals surface area (Å²) in [5, 5.41) is 8.35. The monoisotopic (exact) mass is 172 g/mol. The molecule has 0 aliphatic rings. The Morgan fingerprint density at radius 1 is 1.92 bits per heavy atom. The van der Waals surface area contributed by atoms with E-state index < -0.39 is 12.3 Å². The van der Waals surface area contributed by atoms with Crippen molar-refractivity contribution in [1.29, 1.82) is 0 Å². The van der Waals surface area contributed by atoms with E-state index in [0.717, 1.165) is 4.57 Å².